The molecule has 0 atom stereocenters. The lowest BCUT2D eigenvalue weighted by molar-refractivity contribution is 0.151. The molecule has 0 fully saturated rings. The molecule has 0 aliphatic carbocycles. The van der Waals surface area contributed by atoms with Crippen LogP contribution in [0.4, 0.5) is 13.2 Å². The molecule has 0 heterocycles. The average molecular weight is 266 g/mol. The number of halogens is 3. The molecule has 0 spiro atoms. The second kappa shape index (κ2) is 6.27. The van der Waals surface area contributed by atoms with Gasteiger partial charge in [0.15, 0.2) is 0 Å². The Morgan fingerprint density at radius 3 is 2.32 bits per heavy atom. The molecule has 0 N–H and O–H groups in total. The van der Waals surface area contributed by atoms with Crippen LogP contribution in [0.2, 0.25) is 0 Å². The minimum atomic E-state index is -2.61. The number of rotatable bonds is 5. The Labute approximate surface area is 109 Å². The maximum absolute atomic E-state index is 13.1. The van der Waals surface area contributed by atoms with Gasteiger partial charge in [-0.2, -0.15) is 0 Å². The van der Waals surface area contributed by atoms with Crippen LogP contribution in [0.25, 0.3) is 11.1 Å². The number of benzene rings is 2. The van der Waals surface area contributed by atoms with Crippen LogP contribution < -0.4 is 4.74 Å². The van der Waals surface area contributed by atoms with Gasteiger partial charge in [0.25, 0.3) is 6.43 Å². The summed E-state index contributed by atoms with van der Waals surface area (Å²) < 4.78 is 43.6. The number of ether oxygens (including phenoxy) is 1. The lowest BCUT2D eigenvalue weighted by atomic mass is 9.99. The zero-order valence-electron chi connectivity index (χ0n) is 10.2. The Kier molecular flexibility index (Phi) is 4.44. The molecular formula is C15H13F3O. The first-order valence-corrected chi connectivity index (χ1v) is 5.89. The molecule has 1 nitrogen and oxygen atoms in total. The van der Waals surface area contributed by atoms with Gasteiger partial charge in [0.2, 0.25) is 0 Å². The topological polar surface area (TPSA) is 9.23 Å². The maximum Gasteiger partial charge on any atom is 0.264 e. The summed E-state index contributed by atoms with van der Waals surface area (Å²) in [6.45, 7) is -0.806. The average Bonchev–Trinajstić information content (AvgIpc) is 2.45. The van der Waals surface area contributed by atoms with Crippen LogP contribution in [0.1, 0.15) is 12.0 Å². The second-order valence-corrected chi connectivity index (χ2v) is 3.92. The fourth-order valence-electron chi connectivity index (χ4n) is 1.91. The van der Waals surface area contributed by atoms with E-state index in [1.54, 1.807) is 36.4 Å². The maximum atomic E-state index is 13.1. The van der Waals surface area contributed by atoms with Crippen molar-refractivity contribution in [2.45, 2.75) is 6.43 Å². The third kappa shape index (κ3) is 3.08. The number of hydrogen-bond donors (Lipinski definition) is 0. The van der Waals surface area contributed by atoms with Crippen LogP contribution in [-0.2, 0) is 0 Å². The standard InChI is InChI=1S/C15H13F3O/c16-9-10-19-13-8-4-7-12(15(17)18)14(13)11-5-2-1-3-6-11/h1-8,15H,9-10H2. The van der Waals surface area contributed by atoms with E-state index in [1.807, 2.05) is 0 Å². The van der Waals surface area contributed by atoms with Crippen LogP contribution in [0.3, 0.4) is 0 Å². The molecule has 2 aromatic rings. The van der Waals surface area contributed by atoms with Crippen LogP contribution in [0.15, 0.2) is 48.5 Å². The van der Waals surface area contributed by atoms with Gasteiger partial charge >= 0.3 is 0 Å². The summed E-state index contributed by atoms with van der Waals surface area (Å²) in [5, 5.41) is 0. The Hall–Kier alpha value is -1.97. The molecule has 0 saturated carbocycles. The van der Waals surface area contributed by atoms with Crippen LogP contribution in [0, 0.1) is 0 Å². The van der Waals surface area contributed by atoms with Crippen molar-refractivity contribution in [2.75, 3.05) is 13.3 Å². The quantitative estimate of drug-likeness (QED) is 0.766. The molecule has 100 valence electrons. The van der Waals surface area contributed by atoms with E-state index in [0.717, 1.165) is 0 Å². The summed E-state index contributed by atoms with van der Waals surface area (Å²) in [7, 11) is 0. The molecule has 0 saturated heterocycles. The third-order valence-corrected chi connectivity index (χ3v) is 2.69. The fraction of sp³-hybridized carbons (Fsp3) is 0.200. The Morgan fingerprint density at radius 2 is 1.68 bits per heavy atom. The molecule has 0 aliphatic heterocycles. The van der Waals surface area contributed by atoms with Gasteiger partial charge in [0, 0.05) is 11.1 Å². The molecule has 0 bridgehead atoms. The van der Waals surface area contributed by atoms with Crippen LogP contribution in [0.5, 0.6) is 5.75 Å². The van der Waals surface area contributed by atoms with Gasteiger partial charge in [-0.05, 0) is 11.6 Å². The lowest BCUT2D eigenvalue weighted by Crippen LogP contribution is -2.02. The van der Waals surface area contributed by atoms with Crippen molar-refractivity contribution in [3.63, 3.8) is 0 Å². The van der Waals surface area contributed by atoms with Crippen molar-refractivity contribution < 1.29 is 17.9 Å². The van der Waals surface area contributed by atoms with E-state index in [0.29, 0.717) is 11.1 Å². The highest BCUT2D eigenvalue weighted by atomic mass is 19.3. The first-order valence-electron chi connectivity index (χ1n) is 5.89. The Balaban J connectivity index is 2.53. The van der Waals surface area contributed by atoms with Gasteiger partial charge in [-0.1, -0.05) is 42.5 Å². The van der Waals surface area contributed by atoms with Gasteiger partial charge in [-0.3, -0.25) is 0 Å². The minimum absolute atomic E-state index is 0.109. The molecule has 4 heteroatoms. The highest BCUT2D eigenvalue weighted by Crippen LogP contribution is 2.38. The highest BCUT2D eigenvalue weighted by molar-refractivity contribution is 5.74. The summed E-state index contributed by atoms with van der Waals surface area (Å²) in [6.07, 6.45) is -2.61. The molecule has 0 aromatic heterocycles. The second-order valence-electron chi connectivity index (χ2n) is 3.92. The van der Waals surface area contributed by atoms with E-state index in [4.69, 9.17) is 4.74 Å². The predicted octanol–water partition coefficient (Wildman–Crippen LogP) is 4.64. The van der Waals surface area contributed by atoms with Crippen molar-refractivity contribution >= 4 is 0 Å². The van der Waals surface area contributed by atoms with Crippen molar-refractivity contribution in [3.05, 3.63) is 54.1 Å². The largest absolute Gasteiger partial charge is 0.490 e. The van der Waals surface area contributed by atoms with Gasteiger partial charge in [-0.25, -0.2) is 13.2 Å². The molecule has 0 unspecified atom stereocenters. The molecule has 0 aliphatic rings. The summed E-state index contributed by atoms with van der Waals surface area (Å²) in [6, 6.07) is 13.2. The van der Waals surface area contributed by atoms with E-state index < -0.39 is 13.1 Å². The van der Waals surface area contributed by atoms with E-state index in [9.17, 15) is 13.2 Å². The zero-order valence-corrected chi connectivity index (χ0v) is 10.2. The zero-order chi connectivity index (χ0) is 13.7. The summed E-state index contributed by atoms with van der Waals surface area (Å²) >= 11 is 0. The number of alkyl halides is 3. The molecule has 0 radical (unpaired) electrons. The third-order valence-electron chi connectivity index (χ3n) is 2.69. The van der Waals surface area contributed by atoms with E-state index in [2.05, 4.69) is 0 Å². The minimum Gasteiger partial charge on any atom is -0.490 e. The van der Waals surface area contributed by atoms with Crippen molar-refractivity contribution in [2.24, 2.45) is 0 Å². The summed E-state index contributed by atoms with van der Waals surface area (Å²) in [5.41, 5.74) is 0.848. The SMILES string of the molecule is FCCOc1cccc(C(F)F)c1-c1ccccc1. The highest BCUT2D eigenvalue weighted by Gasteiger charge is 2.18. The van der Waals surface area contributed by atoms with Gasteiger partial charge in [0.05, 0.1) is 0 Å². The first kappa shape index (κ1) is 13.5. The van der Waals surface area contributed by atoms with Crippen LogP contribution in [-0.4, -0.2) is 13.3 Å². The van der Waals surface area contributed by atoms with E-state index >= 15 is 0 Å². The summed E-state index contributed by atoms with van der Waals surface area (Å²) in [4.78, 5) is 0. The Bertz CT molecular complexity index is 526. The van der Waals surface area contributed by atoms with Gasteiger partial charge in [-0.15, -0.1) is 0 Å². The fourth-order valence-corrected chi connectivity index (χ4v) is 1.91. The van der Waals surface area contributed by atoms with E-state index in [1.165, 1.54) is 12.1 Å². The smallest absolute Gasteiger partial charge is 0.264 e. The molecule has 0 amide bonds. The van der Waals surface area contributed by atoms with E-state index in [-0.39, 0.29) is 17.9 Å². The molecule has 2 aromatic carbocycles. The lowest BCUT2D eigenvalue weighted by Gasteiger charge is -2.15. The first-order chi connectivity index (χ1) is 9.24. The molecular weight excluding hydrogens is 253 g/mol. The van der Waals surface area contributed by atoms with Crippen molar-refractivity contribution in [3.8, 4) is 16.9 Å². The molecule has 2 rings (SSSR count). The predicted molar refractivity (Wildman–Crippen MR) is 68.3 cm³/mol. The Morgan fingerprint density at radius 1 is 0.947 bits per heavy atom. The summed E-state index contributed by atoms with van der Waals surface area (Å²) in [5.74, 6) is 0.279. The molecule has 19 heavy (non-hydrogen) atoms. The normalized spacial score (nSPS) is 10.7. The van der Waals surface area contributed by atoms with Crippen LogP contribution >= 0.6 is 0 Å². The van der Waals surface area contributed by atoms with Gasteiger partial charge < -0.3 is 4.74 Å². The van der Waals surface area contributed by atoms with Crippen molar-refractivity contribution in [1.29, 1.82) is 0 Å². The van der Waals surface area contributed by atoms with Gasteiger partial charge in [0.1, 0.15) is 19.0 Å². The monoisotopic (exact) mass is 266 g/mol. The number of hydrogen-bond acceptors (Lipinski definition) is 1. The van der Waals surface area contributed by atoms with Crippen molar-refractivity contribution in [1.82, 2.24) is 0 Å².